The quantitative estimate of drug-likeness (QED) is 0.352. The first-order valence-electron chi connectivity index (χ1n) is 9.88. The van der Waals surface area contributed by atoms with Gasteiger partial charge in [0, 0.05) is 33.6 Å². The van der Waals surface area contributed by atoms with E-state index < -0.39 is 0 Å². The van der Waals surface area contributed by atoms with Crippen LogP contribution in [0.3, 0.4) is 0 Å². The lowest BCUT2D eigenvalue weighted by molar-refractivity contribution is -0.118. The highest BCUT2D eigenvalue weighted by Crippen LogP contribution is 2.35. The van der Waals surface area contributed by atoms with Gasteiger partial charge in [0.15, 0.2) is 5.13 Å². The molecule has 1 atom stereocenters. The van der Waals surface area contributed by atoms with Crippen molar-refractivity contribution in [2.75, 3.05) is 30.1 Å². The minimum absolute atomic E-state index is 0.0879. The number of para-hydroxylation sites is 1. The molecule has 0 spiro atoms. The van der Waals surface area contributed by atoms with E-state index in [-0.39, 0.29) is 12.0 Å². The highest BCUT2D eigenvalue weighted by molar-refractivity contribution is 7.99. The first-order valence-corrected chi connectivity index (χ1v) is 13.3. The number of ether oxygens (including phenoxy) is 1. The number of hydrogen-bond donors (Lipinski definition) is 0. The van der Waals surface area contributed by atoms with Gasteiger partial charge in [0.25, 0.3) is 0 Å². The van der Waals surface area contributed by atoms with Crippen LogP contribution in [0.5, 0.6) is 0 Å². The summed E-state index contributed by atoms with van der Waals surface area (Å²) in [6, 6.07) is 13.9. The Hall–Kier alpha value is -1.25. The van der Waals surface area contributed by atoms with Crippen molar-refractivity contribution in [3.63, 3.8) is 0 Å². The number of aromatic nitrogens is 1. The number of halogens is 1. The molecule has 3 aromatic rings. The second kappa shape index (κ2) is 10.4. The molecule has 8 heteroatoms. The fourth-order valence-corrected chi connectivity index (χ4v) is 6.01. The first-order chi connectivity index (χ1) is 14.6. The zero-order chi connectivity index (χ0) is 20.9. The molecule has 0 radical (unpaired) electrons. The number of hydrogen-bond acceptors (Lipinski definition) is 6. The fourth-order valence-electron chi connectivity index (χ4n) is 3.39. The Kier molecular flexibility index (Phi) is 7.59. The SMILES string of the molecule is CSc1cccc2sc(N(CC3CCCO3)C(=O)CCSc3ccc(Cl)cc3)nc12. The van der Waals surface area contributed by atoms with Crippen molar-refractivity contribution in [3.8, 4) is 0 Å². The molecule has 1 saturated heterocycles. The van der Waals surface area contributed by atoms with E-state index in [4.69, 9.17) is 21.3 Å². The van der Waals surface area contributed by atoms with Gasteiger partial charge in [-0.2, -0.15) is 0 Å². The molecule has 0 N–H and O–H groups in total. The van der Waals surface area contributed by atoms with Crippen LogP contribution in [0.2, 0.25) is 5.02 Å². The predicted octanol–water partition coefficient (Wildman–Crippen LogP) is 6.37. The molecule has 2 aromatic carbocycles. The highest BCUT2D eigenvalue weighted by Gasteiger charge is 2.26. The van der Waals surface area contributed by atoms with Gasteiger partial charge in [0.1, 0.15) is 0 Å². The number of thioether (sulfide) groups is 2. The molecule has 1 unspecified atom stereocenters. The molecule has 2 heterocycles. The highest BCUT2D eigenvalue weighted by atomic mass is 35.5. The van der Waals surface area contributed by atoms with Crippen molar-refractivity contribution < 1.29 is 9.53 Å². The number of thiazole rings is 1. The van der Waals surface area contributed by atoms with Gasteiger partial charge in [-0.05, 0) is 55.5 Å². The zero-order valence-electron chi connectivity index (χ0n) is 16.7. The Morgan fingerprint density at radius 1 is 1.30 bits per heavy atom. The van der Waals surface area contributed by atoms with Crippen LogP contribution in [0.25, 0.3) is 10.2 Å². The molecule has 1 aromatic heterocycles. The summed E-state index contributed by atoms with van der Waals surface area (Å²) in [4.78, 5) is 22.1. The lowest BCUT2D eigenvalue weighted by atomic mass is 10.2. The summed E-state index contributed by atoms with van der Waals surface area (Å²) in [5.74, 6) is 0.806. The number of carbonyl (C=O) groups excluding carboxylic acids is 1. The predicted molar refractivity (Wildman–Crippen MR) is 130 cm³/mol. The van der Waals surface area contributed by atoms with Gasteiger partial charge in [-0.25, -0.2) is 4.98 Å². The molecule has 1 fully saturated rings. The van der Waals surface area contributed by atoms with Crippen molar-refractivity contribution >= 4 is 67.7 Å². The van der Waals surface area contributed by atoms with E-state index in [1.165, 1.54) is 0 Å². The largest absolute Gasteiger partial charge is 0.376 e. The van der Waals surface area contributed by atoms with E-state index in [1.54, 1.807) is 34.9 Å². The Labute approximate surface area is 194 Å². The molecule has 0 bridgehead atoms. The van der Waals surface area contributed by atoms with Crippen molar-refractivity contribution in [1.29, 1.82) is 0 Å². The number of rotatable bonds is 8. The average molecular weight is 479 g/mol. The minimum Gasteiger partial charge on any atom is -0.376 e. The van der Waals surface area contributed by atoms with E-state index in [1.807, 2.05) is 35.2 Å². The van der Waals surface area contributed by atoms with Crippen LogP contribution in [0.4, 0.5) is 5.13 Å². The number of fused-ring (bicyclic) bond motifs is 1. The first kappa shape index (κ1) is 22.0. The summed E-state index contributed by atoms with van der Waals surface area (Å²) < 4.78 is 6.93. The van der Waals surface area contributed by atoms with Crippen LogP contribution >= 0.6 is 46.5 Å². The summed E-state index contributed by atoms with van der Waals surface area (Å²) in [6.45, 7) is 1.34. The lowest BCUT2D eigenvalue weighted by Gasteiger charge is -2.23. The van der Waals surface area contributed by atoms with E-state index in [0.717, 1.165) is 49.6 Å². The van der Waals surface area contributed by atoms with Crippen LogP contribution in [0, 0.1) is 0 Å². The monoisotopic (exact) mass is 478 g/mol. The second-order valence-corrected chi connectivity index (χ2v) is 10.5. The molecule has 1 amide bonds. The van der Waals surface area contributed by atoms with Crippen molar-refractivity contribution in [2.24, 2.45) is 0 Å². The average Bonchev–Trinajstić information content (AvgIpc) is 3.42. The lowest BCUT2D eigenvalue weighted by Crippen LogP contribution is -2.37. The maximum absolute atomic E-state index is 13.2. The third-order valence-electron chi connectivity index (χ3n) is 4.93. The van der Waals surface area contributed by atoms with Crippen LogP contribution in [0.15, 0.2) is 52.3 Å². The smallest absolute Gasteiger partial charge is 0.229 e. The number of amides is 1. The van der Waals surface area contributed by atoms with E-state index in [0.29, 0.717) is 18.7 Å². The summed E-state index contributed by atoms with van der Waals surface area (Å²) in [6.07, 6.45) is 4.63. The Balaban J connectivity index is 1.50. The number of carbonyl (C=O) groups is 1. The molecule has 4 nitrogen and oxygen atoms in total. The van der Waals surface area contributed by atoms with Gasteiger partial charge < -0.3 is 4.74 Å². The van der Waals surface area contributed by atoms with E-state index in [2.05, 4.69) is 18.4 Å². The maximum atomic E-state index is 13.2. The van der Waals surface area contributed by atoms with Crippen molar-refractivity contribution in [3.05, 3.63) is 47.5 Å². The summed E-state index contributed by atoms with van der Waals surface area (Å²) in [5, 5.41) is 1.49. The summed E-state index contributed by atoms with van der Waals surface area (Å²) in [5.41, 5.74) is 0.977. The fraction of sp³-hybridized carbons (Fsp3) is 0.364. The van der Waals surface area contributed by atoms with Crippen LogP contribution in [-0.2, 0) is 9.53 Å². The molecule has 0 aliphatic carbocycles. The van der Waals surface area contributed by atoms with Gasteiger partial charge in [-0.3, -0.25) is 9.69 Å². The third kappa shape index (κ3) is 5.32. The number of benzene rings is 2. The number of anilines is 1. The molecule has 158 valence electrons. The topological polar surface area (TPSA) is 42.4 Å². The normalized spacial score (nSPS) is 16.3. The molecule has 0 saturated carbocycles. The molecular weight excluding hydrogens is 456 g/mol. The van der Waals surface area contributed by atoms with Gasteiger partial charge in [-0.15, -0.1) is 23.5 Å². The van der Waals surface area contributed by atoms with Crippen LogP contribution in [0.1, 0.15) is 19.3 Å². The van der Waals surface area contributed by atoms with Gasteiger partial charge in [0.2, 0.25) is 5.91 Å². The van der Waals surface area contributed by atoms with Gasteiger partial charge in [-0.1, -0.05) is 29.0 Å². The molecule has 1 aliphatic heterocycles. The van der Waals surface area contributed by atoms with Crippen LogP contribution in [-0.4, -0.2) is 42.2 Å². The Morgan fingerprint density at radius 2 is 2.13 bits per heavy atom. The zero-order valence-corrected chi connectivity index (χ0v) is 19.9. The standard InChI is InChI=1S/C22H23ClN2O2S3/c1-28-18-5-2-6-19-21(18)24-22(30-19)25(14-16-4-3-12-27-16)20(26)11-13-29-17-9-7-15(23)8-10-17/h2,5-10,16H,3-4,11-14H2,1H3. The summed E-state index contributed by atoms with van der Waals surface area (Å²) >= 11 is 10.9. The minimum atomic E-state index is 0.0879. The van der Waals surface area contributed by atoms with E-state index in [9.17, 15) is 4.79 Å². The second-order valence-electron chi connectivity index (χ2n) is 7.00. The van der Waals surface area contributed by atoms with Gasteiger partial charge in [0.05, 0.1) is 22.9 Å². The molecule has 4 rings (SSSR count). The van der Waals surface area contributed by atoms with Gasteiger partial charge >= 0.3 is 0 Å². The maximum Gasteiger partial charge on any atom is 0.229 e. The van der Waals surface area contributed by atoms with Crippen molar-refractivity contribution in [2.45, 2.75) is 35.2 Å². The summed E-state index contributed by atoms with van der Waals surface area (Å²) in [7, 11) is 0. The molecular formula is C22H23ClN2O2S3. The Morgan fingerprint density at radius 3 is 2.87 bits per heavy atom. The van der Waals surface area contributed by atoms with E-state index >= 15 is 0 Å². The van der Waals surface area contributed by atoms with Crippen molar-refractivity contribution in [1.82, 2.24) is 4.98 Å². The Bertz CT molecular complexity index is 1000. The molecule has 1 aliphatic rings. The van der Waals surface area contributed by atoms with Crippen LogP contribution < -0.4 is 4.90 Å². The third-order valence-corrected chi connectivity index (χ3v) is 8.01. The molecule has 30 heavy (non-hydrogen) atoms. The number of nitrogens with zero attached hydrogens (tertiary/aromatic N) is 2.